The summed E-state index contributed by atoms with van der Waals surface area (Å²) in [5.41, 5.74) is 1.47. The standard InChI is InChI=1S/C21H27N3O3S/c1-27-19-11-6-5-10-18(19)20(25)23-16-21(17-8-3-2-4-9-17)12-7-14-24(15-13-21)28(22)26/h2-6,8-11H,7,12-16,22H2,1H3,(H,23,25). The van der Waals surface area contributed by atoms with Gasteiger partial charge in [0.2, 0.25) is 0 Å². The van der Waals surface area contributed by atoms with Crippen LogP contribution < -0.4 is 15.2 Å². The van der Waals surface area contributed by atoms with Crippen molar-refractivity contribution in [1.29, 1.82) is 0 Å². The fraction of sp³-hybridized carbons (Fsp3) is 0.381. The minimum absolute atomic E-state index is 0.156. The van der Waals surface area contributed by atoms with Gasteiger partial charge in [0.25, 0.3) is 5.91 Å². The van der Waals surface area contributed by atoms with E-state index in [1.165, 1.54) is 5.56 Å². The van der Waals surface area contributed by atoms with Gasteiger partial charge in [0.05, 0.1) is 12.7 Å². The summed E-state index contributed by atoms with van der Waals surface area (Å²) in [6.07, 6.45) is 2.52. The molecule has 7 heteroatoms. The fourth-order valence-corrected chi connectivity index (χ4v) is 4.47. The Morgan fingerprint density at radius 1 is 1.14 bits per heavy atom. The van der Waals surface area contributed by atoms with Gasteiger partial charge in [-0.25, -0.2) is 13.7 Å². The zero-order chi connectivity index (χ0) is 20.0. The van der Waals surface area contributed by atoms with Crippen LogP contribution in [-0.4, -0.2) is 41.2 Å². The van der Waals surface area contributed by atoms with E-state index in [1.54, 1.807) is 23.5 Å². The highest BCUT2D eigenvalue weighted by Gasteiger charge is 2.35. The molecule has 6 nitrogen and oxygen atoms in total. The number of carbonyl (C=O) groups excluding carboxylic acids is 1. The van der Waals surface area contributed by atoms with Crippen LogP contribution in [0.1, 0.15) is 35.2 Å². The molecule has 150 valence electrons. The molecule has 3 N–H and O–H groups in total. The van der Waals surface area contributed by atoms with E-state index in [2.05, 4.69) is 17.4 Å². The summed E-state index contributed by atoms with van der Waals surface area (Å²) < 4.78 is 18.9. The van der Waals surface area contributed by atoms with Crippen LogP contribution in [0.2, 0.25) is 0 Å². The molecule has 0 bridgehead atoms. The molecule has 0 aromatic heterocycles. The summed E-state index contributed by atoms with van der Waals surface area (Å²) in [5, 5.41) is 8.72. The van der Waals surface area contributed by atoms with Crippen LogP contribution >= 0.6 is 0 Å². The molecule has 2 aromatic carbocycles. The number of amides is 1. The molecule has 2 atom stereocenters. The first-order valence-electron chi connectivity index (χ1n) is 9.44. The van der Waals surface area contributed by atoms with Crippen molar-refractivity contribution >= 4 is 17.1 Å². The van der Waals surface area contributed by atoms with Crippen molar-refractivity contribution in [1.82, 2.24) is 9.62 Å². The Kier molecular flexibility index (Phi) is 6.83. The molecule has 0 saturated carbocycles. The van der Waals surface area contributed by atoms with E-state index in [0.717, 1.165) is 19.3 Å². The molecule has 1 aliphatic rings. The number of hydrogen-bond acceptors (Lipinski definition) is 3. The van der Waals surface area contributed by atoms with Gasteiger partial charge in [-0.2, -0.15) is 0 Å². The second kappa shape index (κ2) is 9.32. The Hall–Kier alpha value is -2.22. The highest BCUT2D eigenvalue weighted by atomic mass is 32.2. The van der Waals surface area contributed by atoms with Crippen LogP contribution in [-0.2, 0) is 16.6 Å². The van der Waals surface area contributed by atoms with Crippen LogP contribution in [0.4, 0.5) is 0 Å². The van der Waals surface area contributed by atoms with Crippen LogP contribution in [0, 0.1) is 0 Å². The third kappa shape index (κ3) is 4.60. The number of nitrogens with zero attached hydrogens (tertiary/aromatic N) is 1. The van der Waals surface area contributed by atoms with Crippen LogP contribution in [0.3, 0.4) is 0 Å². The molecule has 1 heterocycles. The second-order valence-electron chi connectivity index (χ2n) is 7.09. The Labute approximate surface area is 168 Å². The molecule has 1 fully saturated rings. The Morgan fingerprint density at radius 3 is 2.57 bits per heavy atom. The number of rotatable bonds is 6. The van der Waals surface area contributed by atoms with E-state index in [-0.39, 0.29) is 11.3 Å². The first-order chi connectivity index (χ1) is 13.6. The van der Waals surface area contributed by atoms with Crippen molar-refractivity contribution in [3.63, 3.8) is 0 Å². The van der Waals surface area contributed by atoms with Gasteiger partial charge in [-0.3, -0.25) is 4.79 Å². The van der Waals surface area contributed by atoms with Crippen molar-refractivity contribution in [2.24, 2.45) is 5.14 Å². The summed E-state index contributed by atoms with van der Waals surface area (Å²) >= 11 is -1.47. The Morgan fingerprint density at radius 2 is 1.86 bits per heavy atom. The van der Waals surface area contributed by atoms with E-state index < -0.39 is 11.2 Å². The molecule has 1 aliphatic heterocycles. The predicted molar refractivity (Wildman–Crippen MR) is 111 cm³/mol. The molecule has 3 rings (SSSR count). The predicted octanol–water partition coefficient (Wildman–Crippen LogP) is 2.39. The van der Waals surface area contributed by atoms with Gasteiger partial charge >= 0.3 is 0 Å². The van der Waals surface area contributed by atoms with Gasteiger partial charge in [0.1, 0.15) is 5.75 Å². The first kappa shape index (κ1) is 20.5. The highest BCUT2D eigenvalue weighted by molar-refractivity contribution is 7.80. The van der Waals surface area contributed by atoms with Crippen molar-refractivity contribution in [2.75, 3.05) is 26.7 Å². The number of carbonyl (C=O) groups is 1. The highest BCUT2D eigenvalue weighted by Crippen LogP contribution is 2.35. The number of methoxy groups -OCH3 is 1. The number of nitrogens with two attached hydrogens (primary N) is 1. The molecule has 28 heavy (non-hydrogen) atoms. The summed E-state index contributed by atoms with van der Waals surface area (Å²) in [5.74, 6) is 0.399. The van der Waals surface area contributed by atoms with E-state index in [9.17, 15) is 9.00 Å². The SMILES string of the molecule is COc1ccccc1C(=O)NCC1(c2ccccc2)CCCN(S(N)=O)CC1. The lowest BCUT2D eigenvalue weighted by Crippen LogP contribution is -2.42. The van der Waals surface area contributed by atoms with E-state index in [0.29, 0.717) is 30.9 Å². The third-order valence-corrected chi connectivity index (χ3v) is 6.36. The van der Waals surface area contributed by atoms with Crippen molar-refractivity contribution in [3.8, 4) is 5.75 Å². The minimum atomic E-state index is -1.47. The van der Waals surface area contributed by atoms with Crippen molar-refractivity contribution < 1.29 is 13.7 Å². The average Bonchev–Trinajstić information content (AvgIpc) is 2.96. The molecule has 0 radical (unpaired) electrons. The molecule has 0 spiro atoms. The molecular formula is C21H27N3O3S. The third-order valence-electron chi connectivity index (χ3n) is 5.48. The van der Waals surface area contributed by atoms with Gasteiger partial charge < -0.3 is 10.1 Å². The number of benzene rings is 2. The largest absolute Gasteiger partial charge is 0.496 e. The number of ether oxygens (including phenoxy) is 1. The Balaban J connectivity index is 1.82. The number of hydrogen-bond donors (Lipinski definition) is 2. The lowest BCUT2D eigenvalue weighted by molar-refractivity contribution is 0.0937. The average molecular weight is 402 g/mol. The van der Waals surface area contributed by atoms with Crippen LogP contribution in [0.25, 0.3) is 0 Å². The van der Waals surface area contributed by atoms with E-state index >= 15 is 0 Å². The summed E-state index contributed by atoms with van der Waals surface area (Å²) in [7, 11) is 1.56. The van der Waals surface area contributed by atoms with Gasteiger partial charge in [0.15, 0.2) is 11.2 Å². The minimum Gasteiger partial charge on any atom is -0.496 e. The summed E-state index contributed by atoms with van der Waals surface area (Å²) in [6, 6.07) is 17.4. The molecular weight excluding hydrogens is 374 g/mol. The fourth-order valence-electron chi connectivity index (χ4n) is 3.89. The van der Waals surface area contributed by atoms with Crippen LogP contribution in [0.15, 0.2) is 54.6 Å². The lowest BCUT2D eigenvalue weighted by atomic mass is 9.74. The quantitative estimate of drug-likeness (QED) is 0.779. The lowest BCUT2D eigenvalue weighted by Gasteiger charge is -2.34. The van der Waals surface area contributed by atoms with E-state index in [4.69, 9.17) is 9.88 Å². The number of nitrogens with one attached hydrogen (secondary N) is 1. The van der Waals surface area contributed by atoms with Gasteiger partial charge in [-0.15, -0.1) is 0 Å². The normalized spacial score (nSPS) is 21.5. The number of para-hydroxylation sites is 1. The van der Waals surface area contributed by atoms with E-state index in [1.807, 2.05) is 30.3 Å². The maximum absolute atomic E-state index is 12.8. The van der Waals surface area contributed by atoms with Gasteiger partial charge in [0, 0.05) is 25.0 Å². The monoisotopic (exact) mass is 401 g/mol. The summed E-state index contributed by atoms with van der Waals surface area (Å²) in [6.45, 7) is 1.82. The molecule has 1 saturated heterocycles. The molecule has 0 aliphatic carbocycles. The maximum atomic E-state index is 12.8. The molecule has 2 aromatic rings. The second-order valence-corrected chi connectivity index (χ2v) is 8.16. The molecule has 2 unspecified atom stereocenters. The summed E-state index contributed by atoms with van der Waals surface area (Å²) in [4.78, 5) is 12.8. The smallest absolute Gasteiger partial charge is 0.255 e. The maximum Gasteiger partial charge on any atom is 0.255 e. The first-order valence-corrected chi connectivity index (χ1v) is 10.6. The van der Waals surface area contributed by atoms with Gasteiger partial charge in [-0.05, 0) is 37.0 Å². The zero-order valence-electron chi connectivity index (χ0n) is 16.1. The van der Waals surface area contributed by atoms with Crippen molar-refractivity contribution in [3.05, 3.63) is 65.7 Å². The zero-order valence-corrected chi connectivity index (χ0v) is 16.9. The van der Waals surface area contributed by atoms with Crippen molar-refractivity contribution in [2.45, 2.75) is 24.7 Å². The van der Waals surface area contributed by atoms with Gasteiger partial charge in [-0.1, -0.05) is 42.5 Å². The molecule has 1 amide bonds. The topological polar surface area (TPSA) is 84.7 Å². The van der Waals surface area contributed by atoms with Crippen LogP contribution in [0.5, 0.6) is 5.75 Å². The Bertz CT molecular complexity index is 831.